The molecule has 0 saturated heterocycles. The number of aryl methyl sites for hydroxylation is 4. The quantitative estimate of drug-likeness (QED) is 0.160. The van der Waals surface area contributed by atoms with Crippen molar-refractivity contribution in [2.45, 2.75) is 45.8 Å². The normalized spacial score (nSPS) is 16.9. The van der Waals surface area contributed by atoms with Gasteiger partial charge in [-0.15, -0.1) is 9.80 Å². The minimum atomic E-state index is -0.606. The average molecular weight is 574 g/mol. The molecule has 1 unspecified atom stereocenters. The van der Waals surface area contributed by atoms with Crippen LogP contribution < -0.4 is 14.4 Å². The maximum atomic E-state index is 4.56. The molecule has 3 aromatic rings. The van der Waals surface area contributed by atoms with Crippen LogP contribution in [0.25, 0.3) is 0 Å². The third kappa shape index (κ3) is 6.92. The summed E-state index contributed by atoms with van der Waals surface area (Å²) in [6.07, 6.45) is 6.90. The highest BCUT2D eigenvalue weighted by atomic mass is 15.7. The summed E-state index contributed by atoms with van der Waals surface area (Å²) >= 11 is 0. The summed E-state index contributed by atoms with van der Waals surface area (Å²) < 4.78 is 3.54. The first-order valence-corrected chi connectivity index (χ1v) is 14.4. The number of hydrogen-bond donors (Lipinski definition) is 0. The highest BCUT2D eigenvalue weighted by Gasteiger charge is 2.36. The second kappa shape index (κ2) is 13.1. The molecule has 2 aromatic carbocycles. The van der Waals surface area contributed by atoms with E-state index in [1.54, 1.807) is 22.4 Å². The minimum absolute atomic E-state index is 0.606. The number of hydrogen-bond acceptors (Lipinski definition) is 10. The Bertz CT molecular complexity index is 1420. The van der Waals surface area contributed by atoms with E-state index in [-0.39, 0.29) is 0 Å². The lowest BCUT2D eigenvalue weighted by atomic mass is 10.1. The van der Waals surface area contributed by atoms with Gasteiger partial charge in [-0.3, -0.25) is 5.01 Å². The molecule has 42 heavy (non-hydrogen) atoms. The van der Waals surface area contributed by atoms with E-state index in [9.17, 15) is 0 Å². The minimum Gasteiger partial charge on any atom is -0.374 e. The van der Waals surface area contributed by atoms with Crippen molar-refractivity contribution in [3.8, 4) is 0 Å². The van der Waals surface area contributed by atoms with Crippen LogP contribution in [0.4, 0.5) is 28.7 Å². The van der Waals surface area contributed by atoms with Crippen LogP contribution in [0.15, 0.2) is 68.3 Å². The Morgan fingerprint density at radius 3 is 1.88 bits per heavy atom. The van der Waals surface area contributed by atoms with Crippen LogP contribution in [0.1, 0.15) is 37.3 Å². The summed E-state index contributed by atoms with van der Waals surface area (Å²) in [5, 5.41) is 28.1. The monoisotopic (exact) mass is 573 g/mol. The fourth-order valence-corrected chi connectivity index (χ4v) is 4.99. The van der Waals surface area contributed by atoms with Crippen LogP contribution in [0.2, 0.25) is 0 Å². The van der Waals surface area contributed by atoms with Gasteiger partial charge in [0.2, 0.25) is 12.1 Å². The van der Waals surface area contributed by atoms with Gasteiger partial charge in [-0.2, -0.15) is 10.2 Å². The molecular formula is C30H45N12+. The van der Waals surface area contributed by atoms with Crippen molar-refractivity contribution in [1.29, 1.82) is 0 Å². The van der Waals surface area contributed by atoms with E-state index in [0.717, 1.165) is 43.7 Å². The van der Waals surface area contributed by atoms with Gasteiger partial charge in [0.15, 0.2) is 0 Å². The van der Waals surface area contributed by atoms with E-state index in [4.69, 9.17) is 0 Å². The third-order valence-electron chi connectivity index (χ3n) is 7.96. The van der Waals surface area contributed by atoms with Gasteiger partial charge in [-0.1, -0.05) is 5.11 Å². The van der Waals surface area contributed by atoms with Gasteiger partial charge in [0.05, 0.1) is 25.5 Å². The summed E-state index contributed by atoms with van der Waals surface area (Å²) in [5.74, 6) is 0.0875. The molecule has 0 amide bonds. The van der Waals surface area contributed by atoms with Crippen LogP contribution in [-0.2, 0) is 14.1 Å². The zero-order valence-corrected chi connectivity index (χ0v) is 26.5. The number of hydrazone groups is 1. The summed E-state index contributed by atoms with van der Waals surface area (Å²) in [4.78, 5) is 6.60. The third-order valence-corrected chi connectivity index (χ3v) is 7.96. The largest absolute Gasteiger partial charge is 0.403 e. The Kier molecular flexibility index (Phi) is 9.54. The predicted molar refractivity (Wildman–Crippen MR) is 168 cm³/mol. The average Bonchev–Trinajstić information content (AvgIpc) is 3.41. The Hall–Kier alpha value is -4.35. The number of benzene rings is 2. The van der Waals surface area contributed by atoms with Crippen LogP contribution in [0.3, 0.4) is 0 Å². The summed E-state index contributed by atoms with van der Waals surface area (Å²) in [6.45, 7) is 8.25. The molecule has 0 aliphatic carbocycles. The van der Waals surface area contributed by atoms with Crippen molar-refractivity contribution in [3.05, 3.63) is 53.9 Å². The lowest BCUT2D eigenvalue weighted by Gasteiger charge is -2.31. The fraction of sp³-hybridized carbons (Fsp3) is 0.500. The first-order valence-electron chi connectivity index (χ1n) is 14.4. The lowest BCUT2D eigenvalue weighted by Crippen LogP contribution is -2.46. The molecule has 0 saturated carbocycles. The number of anilines is 2. The fourth-order valence-electron chi connectivity index (χ4n) is 4.99. The molecule has 1 aromatic heterocycles. The lowest BCUT2D eigenvalue weighted by molar-refractivity contribution is -0.659. The topological polar surface area (TPSA) is 96.5 Å². The van der Waals surface area contributed by atoms with Crippen LogP contribution >= 0.6 is 0 Å². The predicted octanol–water partition coefficient (Wildman–Crippen LogP) is 5.60. The molecule has 1 atom stereocenters. The standard InChI is InChI=1S/C30H45N12/c1-23-19-25(33-35-29-39(6)21-31-41(29)8)13-15-27(23)37(4)17-11-10-12-18-38(5)28-16-14-26(20-24(28)2)34-36-30(3)40(7)22-32-42(30)9/h13-16,19-22H,10-12,17-18H2,1-9H3/q+1. The molecule has 0 N–H and O–H groups in total. The summed E-state index contributed by atoms with van der Waals surface area (Å²) in [6, 6.07) is 12.5. The number of unbranched alkanes of at least 4 members (excludes halogenated alkanes) is 2. The summed E-state index contributed by atoms with van der Waals surface area (Å²) in [7, 11) is 11.9. The molecule has 2 heterocycles. The molecule has 224 valence electrons. The van der Waals surface area contributed by atoms with Crippen LogP contribution in [-0.4, -0.2) is 73.1 Å². The second-order valence-corrected chi connectivity index (χ2v) is 11.2. The van der Waals surface area contributed by atoms with E-state index >= 15 is 0 Å². The molecular weight excluding hydrogens is 528 g/mol. The molecule has 12 nitrogen and oxygen atoms in total. The highest BCUT2D eigenvalue weighted by Crippen LogP contribution is 2.29. The van der Waals surface area contributed by atoms with Gasteiger partial charge in [0.25, 0.3) is 0 Å². The maximum Gasteiger partial charge on any atom is 0.403 e. The Labute approximate surface area is 249 Å². The molecule has 4 rings (SSSR count). The van der Waals surface area contributed by atoms with Gasteiger partial charge in [-0.05, 0) is 85.7 Å². The van der Waals surface area contributed by atoms with E-state index < -0.39 is 5.79 Å². The number of azo groups is 2. The van der Waals surface area contributed by atoms with Gasteiger partial charge in [0.1, 0.15) is 6.34 Å². The van der Waals surface area contributed by atoms with E-state index in [2.05, 4.69) is 92.7 Å². The van der Waals surface area contributed by atoms with Gasteiger partial charge in [-0.25, -0.2) is 4.57 Å². The van der Waals surface area contributed by atoms with Crippen molar-refractivity contribution in [3.63, 3.8) is 0 Å². The van der Waals surface area contributed by atoms with Crippen molar-refractivity contribution in [1.82, 2.24) is 19.7 Å². The van der Waals surface area contributed by atoms with Crippen LogP contribution in [0, 0.1) is 13.8 Å². The number of nitrogens with zero attached hydrogens (tertiary/aromatic N) is 12. The second-order valence-electron chi connectivity index (χ2n) is 11.2. The Morgan fingerprint density at radius 2 is 1.40 bits per heavy atom. The molecule has 1 aliphatic heterocycles. The first kappa shape index (κ1) is 30.6. The smallest absolute Gasteiger partial charge is 0.374 e. The Morgan fingerprint density at radius 1 is 0.833 bits per heavy atom. The van der Waals surface area contributed by atoms with E-state index in [0.29, 0.717) is 5.95 Å². The van der Waals surface area contributed by atoms with E-state index in [1.165, 1.54) is 22.5 Å². The Balaban J connectivity index is 1.22. The molecule has 0 spiro atoms. The van der Waals surface area contributed by atoms with Gasteiger partial charge < -0.3 is 14.7 Å². The molecule has 0 radical (unpaired) electrons. The first-order chi connectivity index (χ1) is 20.0. The number of rotatable bonds is 12. The van der Waals surface area contributed by atoms with Crippen molar-refractivity contribution in [2.75, 3.05) is 51.1 Å². The number of aromatic nitrogens is 3. The van der Waals surface area contributed by atoms with Crippen molar-refractivity contribution < 1.29 is 4.57 Å². The molecule has 0 bridgehead atoms. The highest BCUT2D eigenvalue weighted by molar-refractivity contribution is 5.60. The SMILES string of the molecule is Cc1cc(N=Nc2n(C)nc[n+]2C)ccc1N(C)CCCCCN(C)c1ccc(N=NC2(C)N(C)C=NN2C)cc1C. The van der Waals surface area contributed by atoms with Crippen molar-refractivity contribution in [2.24, 2.45) is 39.7 Å². The molecule has 12 heteroatoms. The summed E-state index contributed by atoms with van der Waals surface area (Å²) in [5.41, 5.74) is 6.50. The maximum absolute atomic E-state index is 4.56. The molecule has 0 fully saturated rings. The zero-order chi connectivity index (χ0) is 30.4. The molecule has 1 aliphatic rings. The zero-order valence-electron chi connectivity index (χ0n) is 26.5. The van der Waals surface area contributed by atoms with Crippen LogP contribution in [0.5, 0.6) is 0 Å². The van der Waals surface area contributed by atoms with Gasteiger partial charge >= 0.3 is 5.95 Å². The van der Waals surface area contributed by atoms with Crippen molar-refractivity contribution >= 4 is 35.0 Å². The van der Waals surface area contributed by atoms with Gasteiger partial charge in [0, 0.05) is 64.7 Å². The van der Waals surface area contributed by atoms with E-state index in [1.807, 2.05) is 56.7 Å².